The summed E-state index contributed by atoms with van der Waals surface area (Å²) in [5.74, 6) is -0.608. The summed E-state index contributed by atoms with van der Waals surface area (Å²) in [5.41, 5.74) is 0. The van der Waals surface area contributed by atoms with Crippen LogP contribution in [0.4, 0.5) is 0 Å². The van der Waals surface area contributed by atoms with Crippen molar-refractivity contribution in [2.45, 2.75) is 381 Å². The van der Waals surface area contributed by atoms with Gasteiger partial charge in [-0.25, -0.2) is 9.13 Å². The predicted octanol–water partition coefficient (Wildman–Crippen LogP) is 21.5. The predicted molar refractivity (Wildman–Crippen MR) is 381 cm³/mol. The quantitative estimate of drug-likeness (QED) is 0.0169. The lowest BCUT2D eigenvalue weighted by Gasteiger charge is -2.21. The maximum absolute atomic E-state index is 13.1. The lowest BCUT2D eigenvalue weighted by atomic mass is 10.0. The molecule has 554 valence electrons. The summed E-state index contributed by atoms with van der Waals surface area (Å²) in [4.78, 5) is 72.6. The number of carbonyl (C=O) groups excluding carboxylic acids is 4. The Hall–Kier alpha value is -2.46. The highest BCUT2D eigenvalue weighted by atomic mass is 31.2. The molecule has 0 aliphatic rings. The van der Waals surface area contributed by atoms with Gasteiger partial charge in [-0.05, 0) is 63.2 Å². The molecule has 0 aliphatic carbocycles. The van der Waals surface area contributed by atoms with Gasteiger partial charge in [0.1, 0.15) is 19.3 Å². The first kappa shape index (κ1) is 91.5. The van der Waals surface area contributed by atoms with Crippen molar-refractivity contribution in [1.29, 1.82) is 0 Å². The number of allylic oxidation sites excluding steroid dienone is 4. The molecule has 0 aromatic heterocycles. The highest BCUT2D eigenvalue weighted by molar-refractivity contribution is 7.47. The molecule has 0 aromatic carbocycles. The largest absolute Gasteiger partial charge is 0.472 e. The molecule has 5 atom stereocenters. The van der Waals surface area contributed by atoms with Crippen molar-refractivity contribution in [2.24, 2.45) is 11.8 Å². The molecule has 0 rings (SSSR count). The van der Waals surface area contributed by atoms with Crippen molar-refractivity contribution in [3.05, 3.63) is 24.3 Å². The summed E-state index contributed by atoms with van der Waals surface area (Å²) in [6, 6.07) is 0. The minimum atomic E-state index is -4.96. The highest BCUT2D eigenvalue weighted by Crippen LogP contribution is 2.45. The van der Waals surface area contributed by atoms with E-state index in [1.165, 1.54) is 154 Å². The number of hydrogen-bond acceptors (Lipinski definition) is 15. The number of aliphatic hydroxyl groups is 1. The monoisotopic (exact) mass is 1380 g/mol. The molecule has 0 aromatic rings. The zero-order valence-corrected chi connectivity index (χ0v) is 62.5. The van der Waals surface area contributed by atoms with Crippen molar-refractivity contribution in [3.8, 4) is 0 Å². The minimum Gasteiger partial charge on any atom is -0.462 e. The Morgan fingerprint density at radius 1 is 0.330 bits per heavy atom. The fraction of sp³-hybridized carbons (Fsp3) is 0.893. The molecule has 2 unspecified atom stereocenters. The van der Waals surface area contributed by atoms with E-state index in [0.29, 0.717) is 25.7 Å². The Bertz CT molecular complexity index is 1910. The van der Waals surface area contributed by atoms with E-state index in [1.807, 2.05) is 0 Å². The van der Waals surface area contributed by atoms with E-state index in [1.54, 1.807) is 0 Å². The molecular weight excluding hydrogens is 1230 g/mol. The summed E-state index contributed by atoms with van der Waals surface area (Å²) in [7, 11) is -9.92. The lowest BCUT2D eigenvalue weighted by molar-refractivity contribution is -0.161. The third-order valence-corrected chi connectivity index (χ3v) is 18.7. The molecule has 0 spiro atoms. The molecule has 0 heterocycles. The number of phosphoric acid groups is 2. The van der Waals surface area contributed by atoms with Gasteiger partial charge in [-0.1, -0.05) is 310 Å². The van der Waals surface area contributed by atoms with E-state index in [0.717, 1.165) is 127 Å². The first-order valence-corrected chi connectivity index (χ1v) is 41.3. The fourth-order valence-electron chi connectivity index (χ4n) is 10.9. The normalized spacial score (nSPS) is 14.2. The van der Waals surface area contributed by atoms with E-state index in [4.69, 9.17) is 37.0 Å². The fourth-order valence-corrected chi connectivity index (χ4v) is 12.5. The summed E-state index contributed by atoms with van der Waals surface area (Å²) in [6.07, 6.45) is 56.4. The standard InChI is InChI=1S/C75H142O17P2/c1-7-9-11-13-15-17-18-19-22-26-29-34-40-46-52-58-73(78)86-64-71(91-74(79)59-53-47-41-35-30-27-24-21-20-23-25-28-32-37-43-49-55-67(3)4)66-90-94(83,84)88-62-69(76)61-87-93(81,82)89-65-70(63-85-72(77)57-51-45-39-16-14-12-10-8-2)92-75(80)60-54-48-42-36-31-33-38-44-50-56-68(5)6/h17-19,22,67-71,76H,7-16,20-21,23-66H2,1-6H3,(H,81,82)(H,83,84)/b18-17-,22-19-/t69-,70+,71+/m0/s1. The van der Waals surface area contributed by atoms with Crippen LogP contribution >= 0.6 is 15.6 Å². The molecule has 19 heteroatoms. The van der Waals surface area contributed by atoms with Crippen LogP contribution in [0.3, 0.4) is 0 Å². The molecule has 0 fully saturated rings. The maximum atomic E-state index is 13.1. The van der Waals surface area contributed by atoms with Crippen LogP contribution in [0.2, 0.25) is 0 Å². The summed E-state index contributed by atoms with van der Waals surface area (Å²) in [5, 5.41) is 10.6. The van der Waals surface area contributed by atoms with E-state index in [-0.39, 0.29) is 25.7 Å². The molecular formula is C75H142O17P2. The zero-order chi connectivity index (χ0) is 69.3. The van der Waals surface area contributed by atoms with Crippen LogP contribution in [-0.2, 0) is 65.4 Å². The number of ether oxygens (including phenoxy) is 4. The molecule has 17 nitrogen and oxygen atoms in total. The minimum absolute atomic E-state index is 0.101. The van der Waals surface area contributed by atoms with Crippen molar-refractivity contribution >= 4 is 39.5 Å². The number of hydrogen-bond donors (Lipinski definition) is 3. The van der Waals surface area contributed by atoms with Crippen molar-refractivity contribution in [1.82, 2.24) is 0 Å². The second-order valence-corrected chi connectivity index (χ2v) is 30.2. The number of carbonyl (C=O) groups is 4. The Morgan fingerprint density at radius 3 is 0.872 bits per heavy atom. The summed E-state index contributed by atoms with van der Waals surface area (Å²) < 4.78 is 68.3. The number of aliphatic hydroxyl groups excluding tert-OH is 1. The smallest absolute Gasteiger partial charge is 0.462 e. The van der Waals surface area contributed by atoms with Gasteiger partial charge in [-0.15, -0.1) is 0 Å². The topological polar surface area (TPSA) is 237 Å². The Balaban J connectivity index is 5.24. The summed E-state index contributed by atoms with van der Waals surface area (Å²) >= 11 is 0. The van der Waals surface area contributed by atoms with Gasteiger partial charge >= 0.3 is 39.5 Å². The molecule has 94 heavy (non-hydrogen) atoms. The molecule has 0 amide bonds. The van der Waals surface area contributed by atoms with Crippen molar-refractivity contribution < 1.29 is 80.2 Å². The zero-order valence-electron chi connectivity index (χ0n) is 60.7. The average molecular weight is 1380 g/mol. The maximum Gasteiger partial charge on any atom is 0.472 e. The molecule has 0 aliphatic heterocycles. The third kappa shape index (κ3) is 68.1. The summed E-state index contributed by atoms with van der Waals surface area (Å²) in [6.45, 7) is 9.50. The second kappa shape index (κ2) is 66.4. The molecule has 0 radical (unpaired) electrons. The first-order valence-electron chi connectivity index (χ1n) is 38.3. The molecule has 0 bridgehead atoms. The van der Waals surface area contributed by atoms with Crippen LogP contribution in [0.15, 0.2) is 24.3 Å². The van der Waals surface area contributed by atoms with Crippen LogP contribution < -0.4 is 0 Å². The molecule has 0 saturated carbocycles. The Morgan fingerprint density at radius 2 is 0.574 bits per heavy atom. The Kier molecular flexibility index (Phi) is 64.7. The number of esters is 4. The lowest BCUT2D eigenvalue weighted by Crippen LogP contribution is -2.30. The van der Waals surface area contributed by atoms with Gasteiger partial charge in [0.2, 0.25) is 0 Å². The van der Waals surface area contributed by atoms with Gasteiger partial charge in [-0.3, -0.25) is 37.3 Å². The third-order valence-electron chi connectivity index (χ3n) is 16.8. The van der Waals surface area contributed by atoms with Crippen LogP contribution in [0.1, 0.15) is 363 Å². The van der Waals surface area contributed by atoms with Crippen LogP contribution in [-0.4, -0.2) is 96.7 Å². The van der Waals surface area contributed by atoms with Gasteiger partial charge in [0.25, 0.3) is 0 Å². The van der Waals surface area contributed by atoms with Gasteiger partial charge in [-0.2, -0.15) is 0 Å². The van der Waals surface area contributed by atoms with Gasteiger partial charge in [0.05, 0.1) is 26.4 Å². The SMILES string of the molecule is CCCCCC/C=C\C=C/CCCCCCCC(=O)OC[C@H](COP(=O)(O)OC[C@@H](O)COP(=O)(O)OC[C@@H](COC(=O)CCCCCCCCCC)OC(=O)CCCCCCCCCCCC(C)C)OC(=O)CCCCCCCCCCCCCCCCCCC(C)C. The van der Waals surface area contributed by atoms with E-state index < -0.39 is 97.5 Å². The van der Waals surface area contributed by atoms with E-state index in [2.05, 4.69) is 65.8 Å². The van der Waals surface area contributed by atoms with Crippen LogP contribution in [0, 0.1) is 11.8 Å². The van der Waals surface area contributed by atoms with Gasteiger partial charge in [0.15, 0.2) is 12.2 Å². The molecule has 0 saturated heterocycles. The number of phosphoric ester groups is 2. The average Bonchev–Trinajstić information content (AvgIpc) is 1.40. The number of rotatable bonds is 72. The Labute approximate surface area is 573 Å². The first-order chi connectivity index (χ1) is 45.4. The van der Waals surface area contributed by atoms with Crippen molar-refractivity contribution in [2.75, 3.05) is 39.6 Å². The molecule has 3 N–H and O–H groups in total. The highest BCUT2D eigenvalue weighted by Gasteiger charge is 2.30. The second-order valence-electron chi connectivity index (χ2n) is 27.3. The van der Waals surface area contributed by atoms with Gasteiger partial charge in [0, 0.05) is 25.7 Å². The van der Waals surface area contributed by atoms with E-state index >= 15 is 0 Å². The van der Waals surface area contributed by atoms with Gasteiger partial charge < -0.3 is 33.8 Å². The van der Waals surface area contributed by atoms with Crippen LogP contribution in [0.5, 0.6) is 0 Å². The van der Waals surface area contributed by atoms with Crippen LogP contribution in [0.25, 0.3) is 0 Å². The van der Waals surface area contributed by atoms with Crippen molar-refractivity contribution in [3.63, 3.8) is 0 Å². The van der Waals surface area contributed by atoms with E-state index in [9.17, 15) is 43.2 Å². The number of unbranched alkanes of at least 4 members (excludes halogenated alkanes) is 39.